The number of hydrogen-bond acceptors (Lipinski definition) is 6. The molecule has 1 aromatic carbocycles. The number of carbonyl (C=O) groups excluding carboxylic acids is 3. The molecule has 0 aliphatic heterocycles. The van der Waals surface area contributed by atoms with E-state index in [1.165, 1.54) is 11.8 Å². The Morgan fingerprint density at radius 1 is 1.15 bits per heavy atom. The van der Waals surface area contributed by atoms with Gasteiger partial charge in [-0.15, -0.1) is 10.2 Å². The molecule has 3 amide bonds. The van der Waals surface area contributed by atoms with Crippen LogP contribution >= 0.6 is 11.8 Å². The normalized spacial score (nSPS) is 10.5. The predicted molar refractivity (Wildman–Crippen MR) is 102 cm³/mol. The molecule has 2 rings (SSSR count). The van der Waals surface area contributed by atoms with Gasteiger partial charge in [0.1, 0.15) is 6.33 Å². The fraction of sp³-hybridized carbons (Fsp3) is 0.353. The second kappa shape index (κ2) is 9.72. The van der Waals surface area contributed by atoms with Gasteiger partial charge in [0.2, 0.25) is 11.8 Å². The van der Waals surface area contributed by atoms with Crippen molar-refractivity contribution >= 4 is 35.2 Å². The van der Waals surface area contributed by atoms with Gasteiger partial charge >= 0.3 is 0 Å². The molecular weight excluding hydrogens is 368 g/mol. The fourth-order valence-corrected chi connectivity index (χ4v) is 2.76. The highest BCUT2D eigenvalue weighted by atomic mass is 32.2. The number of anilines is 1. The van der Waals surface area contributed by atoms with Gasteiger partial charge in [0, 0.05) is 24.3 Å². The average Bonchev–Trinajstić information content (AvgIpc) is 3.03. The number of nitrogens with zero attached hydrogens (tertiary/aromatic N) is 3. The summed E-state index contributed by atoms with van der Waals surface area (Å²) in [6.45, 7) is 3.60. The number of hydrogen-bond donors (Lipinski definition) is 3. The molecule has 27 heavy (non-hydrogen) atoms. The Kier molecular flexibility index (Phi) is 7.35. The van der Waals surface area contributed by atoms with E-state index in [2.05, 4.69) is 26.1 Å². The number of benzene rings is 1. The van der Waals surface area contributed by atoms with Crippen LogP contribution in [-0.4, -0.2) is 50.8 Å². The van der Waals surface area contributed by atoms with Gasteiger partial charge in [0.25, 0.3) is 5.91 Å². The highest BCUT2D eigenvalue weighted by Crippen LogP contribution is 2.15. The van der Waals surface area contributed by atoms with Crippen LogP contribution in [0.3, 0.4) is 0 Å². The van der Waals surface area contributed by atoms with Crippen LogP contribution in [0, 0.1) is 0 Å². The molecule has 0 spiro atoms. The molecule has 10 heteroatoms. The van der Waals surface area contributed by atoms with Crippen molar-refractivity contribution in [3.8, 4) is 0 Å². The maximum Gasteiger partial charge on any atom is 0.251 e. The van der Waals surface area contributed by atoms with Gasteiger partial charge < -0.3 is 20.5 Å². The van der Waals surface area contributed by atoms with Crippen LogP contribution in [0.2, 0.25) is 0 Å². The van der Waals surface area contributed by atoms with Gasteiger partial charge in [-0.2, -0.15) is 0 Å². The fourth-order valence-electron chi connectivity index (χ4n) is 2.07. The Labute approximate surface area is 161 Å². The Hall–Kier alpha value is -2.88. The number of rotatable bonds is 8. The van der Waals surface area contributed by atoms with Crippen molar-refractivity contribution in [2.45, 2.75) is 25.0 Å². The predicted octanol–water partition coefficient (Wildman–Crippen LogP) is 0.800. The molecule has 144 valence electrons. The summed E-state index contributed by atoms with van der Waals surface area (Å²) in [6.07, 6.45) is 1.57. The molecule has 0 unspecified atom stereocenters. The first-order valence-electron chi connectivity index (χ1n) is 8.29. The zero-order chi connectivity index (χ0) is 19.8. The van der Waals surface area contributed by atoms with Gasteiger partial charge in [-0.25, -0.2) is 0 Å². The van der Waals surface area contributed by atoms with E-state index in [0.29, 0.717) is 16.4 Å². The lowest BCUT2D eigenvalue weighted by molar-refractivity contribution is -0.120. The van der Waals surface area contributed by atoms with E-state index in [0.717, 1.165) is 0 Å². The quantitative estimate of drug-likeness (QED) is 0.574. The molecule has 0 aliphatic rings. The lowest BCUT2D eigenvalue weighted by Crippen LogP contribution is -2.39. The van der Waals surface area contributed by atoms with Crippen LogP contribution in [0.25, 0.3) is 0 Å². The summed E-state index contributed by atoms with van der Waals surface area (Å²) < 4.78 is 1.73. The summed E-state index contributed by atoms with van der Waals surface area (Å²) in [6, 6.07) is 6.45. The molecule has 0 saturated heterocycles. The highest BCUT2D eigenvalue weighted by molar-refractivity contribution is 7.99. The molecule has 1 heterocycles. The van der Waals surface area contributed by atoms with E-state index in [-0.39, 0.29) is 36.1 Å². The molecule has 2 aromatic rings. The van der Waals surface area contributed by atoms with Crippen molar-refractivity contribution in [3.05, 3.63) is 36.2 Å². The summed E-state index contributed by atoms with van der Waals surface area (Å²) >= 11 is 1.28. The molecule has 0 bridgehead atoms. The van der Waals surface area contributed by atoms with Gasteiger partial charge in [0.15, 0.2) is 5.16 Å². The molecule has 0 atom stereocenters. The van der Waals surface area contributed by atoms with Crippen molar-refractivity contribution in [1.29, 1.82) is 0 Å². The highest BCUT2D eigenvalue weighted by Gasteiger charge is 2.10. The van der Waals surface area contributed by atoms with Crippen molar-refractivity contribution in [2.24, 2.45) is 7.05 Å². The van der Waals surface area contributed by atoms with Crippen LogP contribution in [0.5, 0.6) is 0 Å². The maximum atomic E-state index is 12.0. The zero-order valence-corrected chi connectivity index (χ0v) is 16.2. The third-order valence-electron chi connectivity index (χ3n) is 3.29. The average molecular weight is 390 g/mol. The summed E-state index contributed by atoms with van der Waals surface area (Å²) in [4.78, 5) is 35.6. The van der Waals surface area contributed by atoms with Crippen LogP contribution < -0.4 is 16.0 Å². The number of aryl methyl sites for hydroxylation is 1. The second-order valence-corrected chi connectivity index (χ2v) is 6.99. The standard InChI is InChI=1S/C17H22N6O3S/c1-11(2)20-14(24)8-18-16(26)12-4-6-13(7-5-12)21-15(25)9-27-17-22-19-10-23(17)3/h4-7,10-11H,8-9H2,1-3H3,(H,18,26)(H,20,24)(H,21,25). The molecule has 0 fully saturated rings. The number of carbonyl (C=O) groups is 3. The van der Waals surface area contributed by atoms with Crippen molar-refractivity contribution in [3.63, 3.8) is 0 Å². The summed E-state index contributed by atoms with van der Waals surface area (Å²) in [5.74, 6) is -0.600. The summed E-state index contributed by atoms with van der Waals surface area (Å²) in [7, 11) is 1.80. The number of thioether (sulfide) groups is 1. The van der Waals surface area contributed by atoms with Gasteiger partial charge in [-0.05, 0) is 38.1 Å². The largest absolute Gasteiger partial charge is 0.352 e. The Morgan fingerprint density at radius 2 is 1.85 bits per heavy atom. The second-order valence-electron chi connectivity index (χ2n) is 6.04. The number of aromatic nitrogens is 3. The molecule has 9 nitrogen and oxygen atoms in total. The van der Waals surface area contributed by atoms with Crippen LogP contribution in [-0.2, 0) is 16.6 Å². The minimum absolute atomic E-state index is 0.0177. The maximum absolute atomic E-state index is 12.0. The van der Waals surface area contributed by atoms with Crippen LogP contribution in [0.1, 0.15) is 24.2 Å². The summed E-state index contributed by atoms with van der Waals surface area (Å²) in [5.41, 5.74) is 0.978. The molecular formula is C17H22N6O3S. The third kappa shape index (κ3) is 6.74. The van der Waals surface area contributed by atoms with Gasteiger partial charge in [-0.1, -0.05) is 11.8 Å². The van der Waals surface area contributed by atoms with E-state index in [1.54, 1.807) is 42.2 Å². The number of nitrogens with one attached hydrogen (secondary N) is 3. The molecule has 1 aromatic heterocycles. The Morgan fingerprint density at radius 3 is 2.44 bits per heavy atom. The lowest BCUT2D eigenvalue weighted by Gasteiger charge is -2.10. The molecule has 0 saturated carbocycles. The first-order valence-corrected chi connectivity index (χ1v) is 9.28. The van der Waals surface area contributed by atoms with E-state index in [9.17, 15) is 14.4 Å². The van der Waals surface area contributed by atoms with E-state index in [1.807, 2.05) is 13.8 Å². The summed E-state index contributed by atoms with van der Waals surface area (Å²) in [5, 5.41) is 16.3. The molecule has 0 aliphatic carbocycles. The topological polar surface area (TPSA) is 118 Å². The van der Waals surface area contributed by atoms with Crippen molar-refractivity contribution < 1.29 is 14.4 Å². The van der Waals surface area contributed by atoms with Crippen LogP contribution in [0.15, 0.2) is 35.7 Å². The first kappa shape index (κ1) is 20.4. The third-order valence-corrected chi connectivity index (χ3v) is 4.33. The van der Waals surface area contributed by atoms with E-state index >= 15 is 0 Å². The SMILES string of the molecule is CC(C)NC(=O)CNC(=O)c1ccc(NC(=O)CSc2nncn2C)cc1. The number of amides is 3. The van der Waals surface area contributed by atoms with Crippen LogP contribution in [0.4, 0.5) is 5.69 Å². The molecule has 0 radical (unpaired) electrons. The Bertz CT molecular complexity index is 803. The van der Waals surface area contributed by atoms with E-state index < -0.39 is 0 Å². The Balaban J connectivity index is 1.80. The molecule has 3 N–H and O–H groups in total. The van der Waals surface area contributed by atoms with Gasteiger partial charge in [-0.3, -0.25) is 14.4 Å². The van der Waals surface area contributed by atoms with Crippen molar-refractivity contribution in [1.82, 2.24) is 25.4 Å². The van der Waals surface area contributed by atoms with Crippen molar-refractivity contribution in [2.75, 3.05) is 17.6 Å². The minimum Gasteiger partial charge on any atom is -0.352 e. The zero-order valence-electron chi connectivity index (χ0n) is 15.4. The smallest absolute Gasteiger partial charge is 0.251 e. The van der Waals surface area contributed by atoms with Gasteiger partial charge in [0.05, 0.1) is 12.3 Å². The lowest BCUT2D eigenvalue weighted by atomic mass is 10.2. The monoisotopic (exact) mass is 390 g/mol. The minimum atomic E-state index is -0.357. The van der Waals surface area contributed by atoms with E-state index in [4.69, 9.17) is 0 Å². The first-order chi connectivity index (χ1) is 12.8.